The lowest BCUT2D eigenvalue weighted by Crippen LogP contribution is -2.16. The van der Waals surface area contributed by atoms with Crippen molar-refractivity contribution in [2.75, 3.05) is 17.7 Å². The maximum atomic E-state index is 12.5. The van der Waals surface area contributed by atoms with Gasteiger partial charge >= 0.3 is 0 Å². The number of rotatable bonds is 5. The van der Waals surface area contributed by atoms with E-state index in [4.69, 9.17) is 16.3 Å². The number of nitrogens with zero attached hydrogens (tertiary/aromatic N) is 1. The summed E-state index contributed by atoms with van der Waals surface area (Å²) in [5, 5.41) is 5.98. The predicted molar refractivity (Wildman–Crippen MR) is 105 cm³/mol. The second-order valence-corrected chi connectivity index (χ2v) is 6.05. The van der Waals surface area contributed by atoms with Gasteiger partial charge in [0.2, 0.25) is 0 Å². The lowest BCUT2D eigenvalue weighted by atomic mass is 10.1. The average Bonchev–Trinajstić information content (AvgIpc) is 2.68. The lowest BCUT2D eigenvalue weighted by Gasteiger charge is -2.09. The first-order chi connectivity index (χ1) is 13.0. The summed E-state index contributed by atoms with van der Waals surface area (Å²) in [4.78, 5) is 28.8. The SMILES string of the molecule is COc1cccc(NC(=O)c2cncc(C(=O)Nc3cccc(Cl)c3)c2)c1. The minimum Gasteiger partial charge on any atom is -0.497 e. The number of methoxy groups -OCH3 is 1. The summed E-state index contributed by atoms with van der Waals surface area (Å²) in [5.41, 5.74) is 1.65. The number of hydrogen-bond donors (Lipinski definition) is 2. The monoisotopic (exact) mass is 381 g/mol. The van der Waals surface area contributed by atoms with E-state index in [0.29, 0.717) is 22.1 Å². The fourth-order valence-corrected chi connectivity index (χ4v) is 2.55. The van der Waals surface area contributed by atoms with E-state index in [1.807, 2.05) is 0 Å². The number of carbonyl (C=O) groups excluding carboxylic acids is 2. The summed E-state index contributed by atoms with van der Waals surface area (Å²) < 4.78 is 5.13. The molecule has 0 fully saturated rings. The van der Waals surface area contributed by atoms with E-state index < -0.39 is 0 Å². The van der Waals surface area contributed by atoms with Gasteiger partial charge < -0.3 is 15.4 Å². The van der Waals surface area contributed by atoms with Crippen LogP contribution in [0.1, 0.15) is 20.7 Å². The van der Waals surface area contributed by atoms with Crippen LogP contribution < -0.4 is 15.4 Å². The van der Waals surface area contributed by atoms with Crippen LogP contribution >= 0.6 is 11.6 Å². The van der Waals surface area contributed by atoms with Crippen LogP contribution in [0.15, 0.2) is 67.0 Å². The molecule has 0 saturated heterocycles. The van der Waals surface area contributed by atoms with Crippen molar-refractivity contribution in [1.82, 2.24) is 4.98 Å². The molecule has 2 aromatic carbocycles. The number of nitrogens with one attached hydrogen (secondary N) is 2. The Morgan fingerprint density at radius 2 is 1.48 bits per heavy atom. The summed E-state index contributed by atoms with van der Waals surface area (Å²) in [6, 6.07) is 15.2. The van der Waals surface area contributed by atoms with E-state index in [2.05, 4.69) is 15.6 Å². The van der Waals surface area contributed by atoms with E-state index in [9.17, 15) is 9.59 Å². The van der Waals surface area contributed by atoms with Crippen molar-refractivity contribution in [3.63, 3.8) is 0 Å². The molecule has 2 amide bonds. The van der Waals surface area contributed by atoms with Crippen LogP contribution in [0.5, 0.6) is 5.75 Å². The molecule has 3 rings (SSSR count). The molecule has 1 aromatic heterocycles. The van der Waals surface area contributed by atoms with Gasteiger partial charge in [-0.3, -0.25) is 14.6 Å². The molecule has 0 saturated carbocycles. The van der Waals surface area contributed by atoms with Crippen molar-refractivity contribution < 1.29 is 14.3 Å². The average molecular weight is 382 g/mol. The van der Waals surface area contributed by atoms with Crippen LogP contribution in [0.3, 0.4) is 0 Å². The normalized spacial score (nSPS) is 10.1. The molecule has 136 valence electrons. The maximum Gasteiger partial charge on any atom is 0.257 e. The zero-order valence-electron chi connectivity index (χ0n) is 14.4. The Bertz CT molecular complexity index is 991. The number of ether oxygens (including phenoxy) is 1. The highest BCUT2D eigenvalue weighted by molar-refractivity contribution is 6.31. The fourth-order valence-electron chi connectivity index (χ4n) is 2.36. The van der Waals surface area contributed by atoms with E-state index in [1.54, 1.807) is 55.6 Å². The smallest absolute Gasteiger partial charge is 0.257 e. The highest BCUT2D eigenvalue weighted by Gasteiger charge is 2.12. The lowest BCUT2D eigenvalue weighted by molar-refractivity contribution is 0.102. The van der Waals surface area contributed by atoms with Gasteiger partial charge in [0.15, 0.2) is 0 Å². The standard InChI is InChI=1S/C20H16ClN3O3/c1-27-18-7-3-6-17(10-18)24-20(26)14-8-13(11-22-12-14)19(25)23-16-5-2-4-15(21)9-16/h2-12H,1H3,(H,23,25)(H,24,26). The van der Waals surface area contributed by atoms with Gasteiger partial charge in [-0.05, 0) is 36.4 Å². The van der Waals surface area contributed by atoms with Gasteiger partial charge in [-0.2, -0.15) is 0 Å². The zero-order chi connectivity index (χ0) is 19.2. The second-order valence-electron chi connectivity index (χ2n) is 5.61. The molecule has 1 heterocycles. The van der Waals surface area contributed by atoms with E-state index in [1.165, 1.54) is 18.5 Å². The van der Waals surface area contributed by atoms with Gasteiger partial charge in [-0.25, -0.2) is 0 Å². The number of halogens is 1. The maximum absolute atomic E-state index is 12.5. The highest BCUT2D eigenvalue weighted by Crippen LogP contribution is 2.18. The molecular formula is C20H16ClN3O3. The molecule has 0 unspecified atom stereocenters. The highest BCUT2D eigenvalue weighted by atomic mass is 35.5. The van der Waals surface area contributed by atoms with Crippen LogP contribution in [0.25, 0.3) is 0 Å². The number of benzene rings is 2. The first-order valence-corrected chi connectivity index (χ1v) is 8.40. The zero-order valence-corrected chi connectivity index (χ0v) is 15.2. The van der Waals surface area contributed by atoms with Crippen LogP contribution in [-0.4, -0.2) is 23.9 Å². The third kappa shape index (κ3) is 4.83. The Kier molecular flexibility index (Phi) is 5.68. The molecular weight excluding hydrogens is 366 g/mol. The molecule has 0 aliphatic heterocycles. The molecule has 0 aliphatic carbocycles. The van der Waals surface area contributed by atoms with Crippen LogP contribution in [-0.2, 0) is 0 Å². The van der Waals surface area contributed by atoms with Crippen LogP contribution in [0.4, 0.5) is 11.4 Å². The molecule has 6 nitrogen and oxygen atoms in total. The third-order valence-electron chi connectivity index (χ3n) is 3.67. The number of pyridine rings is 1. The van der Waals surface area contributed by atoms with Crippen molar-refractivity contribution in [2.24, 2.45) is 0 Å². The fraction of sp³-hybridized carbons (Fsp3) is 0.0500. The van der Waals surface area contributed by atoms with Crippen molar-refractivity contribution in [3.05, 3.63) is 83.1 Å². The number of anilines is 2. The number of carbonyl (C=O) groups is 2. The van der Waals surface area contributed by atoms with E-state index >= 15 is 0 Å². The number of amides is 2. The van der Waals surface area contributed by atoms with E-state index in [-0.39, 0.29) is 22.9 Å². The summed E-state index contributed by atoms with van der Waals surface area (Å²) in [6.07, 6.45) is 2.79. The minimum atomic E-state index is -0.388. The molecule has 3 aromatic rings. The molecule has 0 bridgehead atoms. The summed E-state index contributed by atoms with van der Waals surface area (Å²) in [7, 11) is 1.55. The summed E-state index contributed by atoms with van der Waals surface area (Å²) in [6.45, 7) is 0. The molecule has 0 spiro atoms. The second kappa shape index (κ2) is 8.33. The van der Waals surface area contributed by atoms with Gasteiger partial charge in [-0.1, -0.05) is 23.7 Å². The summed E-state index contributed by atoms with van der Waals surface area (Å²) in [5.74, 6) is -0.144. The minimum absolute atomic E-state index is 0.258. The molecule has 7 heteroatoms. The summed E-state index contributed by atoms with van der Waals surface area (Å²) >= 11 is 5.91. The van der Waals surface area contributed by atoms with Crippen LogP contribution in [0.2, 0.25) is 5.02 Å². The van der Waals surface area contributed by atoms with Gasteiger partial charge in [0.1, 0.15) is 5.75 Å². The quantitative estimate of drug-likeness (QED) is 0.692. The largest absolute Gasteiger partial charge is 0.497 e. The Hall–Kier alpha value is -3.38. The predicted octanol–water partition coefficient (Wildman–Crippen LogP) is 4.25. The first kappa shape index (κ1) is 18.4. The van der Waals surface area contributed by atoms with Gasteiger partial charge in [0, 0.05) is 34.9 Å². The van der Waals surface area contributed by atoms with Gasteiger partial charge in [-0.15, -0.1) is 0 Å². The first-order valence-electron chi connectivity index (χ1n) is 8.02. The molecule has 27 heavy (non-hydrogen) atoms. The molecule has 0 atom stereocenters. The van der Waals surface area contributed by atoms with Crippen molar-refractivity contribution in [3.8, 4) is 5.75 Å². The van der Waals surface area contributed by atoms with Crippen molar-refractivity contribution in [2.45, 2.75) is 0 Å². The Balaban J connectivity index is 1.74. The van der Waals surface area contributed by atoms with Crippen LogP contribution in [0, 0.1) is 0 Å². The number of hydrogen-bond acceptors (Lipinski definition) is 4. The van der Waals surface area contributed by atoms with Gasteiger partial charge in [0.25, 0.3) is 11.8 Å². The molecule has 0 aliphatic rings. The van der Waals surface area contributed by atoms with Crippen molar-refractivity contribution in [1.29, 1.82) is 0 Å². The van der Waals surface area contributed by atoms with E-state index in [0.717, 1.165) is 0 Å². The van der Waals surface area contributed by atoms with Gasteiger partial charge in [0.05, 0.1) is 18.2 Å². The molecule has 0 radical (unpaired) electrons. The molecule has 2 N–H and O–H groups in total. The third-order valence-corrected chi connectivity index (χ3v) is 3.91. The Morgan fingerprint density at radius 3 is 2.07 bits per heavy atom. The Labute approximate surface area is 161 Å². The number of aromatic nitrogens is 1. The van der Waals surface area contributed by atoms with Crippen molar-refractivity contribution >= 4 is 34.8 Å². The topological polar surface area (TPSA) is 80.3 Å². The Morgan fingerprint density at radius 1 is 0.889 bits per heavy atom.